The van der Waals surface area contributed by atoms with E-state index in [1.807, 2.05) is 0 Å². The van der Waals surface area contributed by atoms with Crippen molar-refractivity contribution in [3.63, 3.8) is 0 Å². The molecule has 1 saturated carbocycles. The highest BCUT2D eigenvalue weighted by Crippen LogP contribution is 2.55. The summed E-state index contributed by atoms with van der Waals surface area (Å²) < 4.78 is 0. The summed E-state index contributed by atoms with van der Waals surface area (Å²) in [6.45, 7) is 9.56. The first-order chi connectivity index (χ1) is 28.8. The number of nitrogens with zero attached hydrogens (tertiary/aromatic N) is 1. The molecule has 8 aromatic carbocycles. The largest absolute Gasteiger partial charge is 0.310 e. The molecular formula is C58H51N. The number of hydrogen-bond acceptors (Lipinski definition) is 1. The van der Waals surface area contributed by atoms with E-state index in [9.17, 15) is 0 Å². The third-order valence-corrected chi connectivity index (χ3v) is 14.3. The SMILES string of the molecule is CC1(C)c2ccccc2-c2cc(-c3cccc4c3-c3ccc(N(c5ccc(C6CCCCC6)cc5)c5cc(-c6ccccc6)c6ccccc6c5)cc3C4(C)C)ccc21. The topological polar surface area (TPSA) is 3.24 Å². The van der Waals surface area contributed by atoms with Gasteiger partial charge in [0.2, 0.25) is 0 Å². The molecule has 59 heavy (non-hydrogen) atoms. The summed E-state index contributed by atoms with van der Waals surface area (Å²) in [5.74, 6) is 0.664. The van der Waals surface area contributed by atoms with E-state index in [-0.39, 0.29) is 10.8 Å². The molecule has 0 saturated heterocycles. The molecule has 11 rings (SSSR count). The number of benzene rings is 8. The molecule has 0 heterocycles. The van der Waals surface area contributed by atoms with Gasteiger partial charge in [-0.2, -0.15) is 0 Å². The van der Waals surface area contributed by atoms with Crippen LogP contribution in [0.1, 0.15) is 93.5 Å². The van der Waals surface area contributed by atoms with Gasteiger partial charge in [0.25, 0.3) is 0 Å². The summed E-state index contributed by atoms with van der Waals surface area (Å²) in [6, 6.07) is 64.5. The van der Waals surface area contributed by atoms with E-state index in [4.69, 9.17) is 0 Å². The van der Waals surface area contributed by atoms with Crippen LogP contribution in [0, 0.1) is 0 Å². The van der Waals surface area contributed by atoms with Gasteiger partial charge >= 0.3 is 0 Å². The second kappa shape index (κ2) is 13.7. The van der Waals surface area contributed by atoms with Crippen molar-refractivity contribution in [2.24, 2.45) is 0 Å². The highest BCUT2D eigenvalue weighted by Gasteiger charge is 2.39. The Bertz CT molecular complexity index is 2910. The van der Waals surface area contributed by atoms with E-state index >= 15 is 0 Å². The molecule has 1 fully saturated rings. The van der Waals surface area contributed by atoms with Crippen molar-refractivity contribution in [2.75, 3.05) is 4.90 Å². The normalized spacial score (nSPS) is 16.0. The molecule has 0 amide bonds. The Morgan fingerprint density at radius 2 is 1.08 bits per heavy atom. The third-order valence-electron chi connectivity index (χ3n) is 14.3. The van der Waals surface area contributed by atoms with E-state index in [1.165, 1.54) is 132 Å². The molecule has 3 aliphatic carbocycles. The fourth-order valence-corrected chi connectivity index (χ4v) is 11.1. The smallest absolute Gasteiger partial charge is 0.0474 e. The van der Waals surface area contributed by atoms with Crippen LogP contribution in [0.25, 0.3) is 55.3 Å². The first-order valence-corrected chi connectivity index (χ1v) is 21.8. The predicted molar refractivity (Wildman–Crippen MR) is 250 cm³/mol. The van der Waals surface area contributed by atoms with Gasteiger partial charge in [0, 0.05) is 27.9 Å². The third kappa shape index (κ3) is 5.73. The highest BCUT2D eigenvalue weighted by atomic mass is 15.1. The van der Waals surface area contributed by atoms with Crippen LogP contribution in [-0.2, 0) is 10.8 Å². The van der Waals surface area contributed by atoms with Crippen LogP contribution < -0.4 is 4.90 Å². The van der Waals surface area contributed by atoms with Crippen molar-refractivity contribution >= 4 is 27.8 Å². The van der Waals surface area contributed by atoms with E-state index in [1.54, 1.807) is 0 Å². The Kier molecular flexibility index (Phi) is 8.35. The molecule has 0 unspecified atom stereocenters. The zero-order valence-corrected chi connectivity index (χ0v) is 34.7. The van der Waals surface area contributed by atoms with Crippen molar-refractivity contribution in [3.05, 3.63) is 198 Å². The van der Waals surface area contributed by atoms with Crippen LogP contribution >= 0.6 is 0 Å². The van der Waals surface area contributed by atoms with Crippen molar-refractivity contribution in [2.45, 2.75) is 76.5 Å². The van der Waals surface area contributed by atoms with Gasteiger partial charge in [-0.25, -0.2) is 0 Å². The Morgan fingerprint density at radius 3 is 1.92 bits per heavy atom. The number of hydrogen-bond donors (Lipinski definition) is 0. The lowest BCUT2D eigenvalue weighted by molar-refractivity contribution is 0.443. The molecule has 1 heteroatoms. The van der Waals surface area contributed by atoms with Crippen LogP contribution in [0.4, 0.5) is 17.1 Å². The highest BCUT2D eigenvalue weighted by molar-refractivity contribution is 6.01. The maximum absolute atomic E-state index is 2.50. The Labute approximate surface area is 350 Å². The lowest BCUT2D eigenvalue weighted by Gasteiger charge is -2.29. The average Bonchev–Trinajstić information content (AvgIpc) is 3.66. The molecule has 0 bridgehead atoms. The van der Waals surface area contributed by atoms with Crippen LogP contribution in [0.3, 0.4) is 0 Å². The molecule has 0 aromatic heterocycles. The maximum atomic E-state index is 2.50. The minimum absolute atomic E-state index is 0.0109. The van der Waals surface area contributed by atoms with Crippen molar-refractivity contribution in [1.82, 2.24) is 0 Å². The Balaban J connectivity index is 1.07. The van der Waals surface area contributed by atoms with Crippen LogP contribution in [0.2, 0.25) is 0 Å². The summed E-state index contributed by atoms with van der Waals surface area (Å²) >= 11 is 0. The summed E-state index contributed by atoms with van der Waals surface area (Å²) in [5, 5.41) is 2.51. The average molecular weight is 762 g/mol. The van der Waals surface area contributed by atoms with Crippen molar-refractivity contribution < 1.29 is 0 Å². The monoisotopic (exact) mass is 761 g/mol. The van der Waals surface area contributed by atoms with Crippen LogP contribution in [0.15, 0.2) is 170 Å². The van der Waals surface area contributed by atoms with Crippen molar-refractivity contribution in [3.8, 4) is 44.5 Å². The maximum Gasteiger partial charge on any atom is 0.0474 e. The Hall–Kier alpha value is -6.18. The Morgan fingerprint density at radius 1 is 0.407 bits per heavy atom. The number of anilines is 3. The molecule has 0 aliphatic heterocycles. The lowest BCUT2D eigenvalue weighted by atomic mass is 9.81. The second-order valence-corrected chi connectivity index (χ2v) is 18.4. The van der Waals surface area contributed by atoms with Gasteiger partial charge in [-0.3, -0.25) is 0 Å². The number of fused-ring (bicyclic) bond motifs is 7. The van der Waals surface area contributed by atoms with E-state index in [2.05, 4.69) is 202 Å². The molecule has 1 nitrogen and oxygen atoms in total. The lowest BCUT2D eigenvalue weighted by Crippen LogP contribution is -2.16. The van der Waals surface area contributed by atoms with Gasteiger partial charge in [0.1, 0.15) is 0 Å². The summed E-state index contributed by atoms with van der Waals surface area (Å²) in [7, 11) is 0. The fourth-order valence-electron chi connectivity index (χ4n) is 11.1. The molecule has 0 N–H and O–H groups in total. The molecule has 0 spiro atoms. The quantitative estimate of drug-likeness (QED) is 0.163. The predicted octanol–water partition coefficient (Wildman–Crippen LogP) is 16.3. The fraction of sp³-hybridized carbons (Fsp3) is 0.207. The van der Waals surface area contributed by atoms with E-state index < -0.39 is 0 Å². The van der Waals surface area contributed by atoms with Gasteiger partial charge in [0.05, 0.1) is 0 Å². The standard InChI is InChI=1S/C58H51N/c1-57(2)52-24-14-13-22-48(52)51-35-42(28-33-53(51)57)47-23-15-25-54-56(47)49-32-31-44(37-55(49)58(54,3)4)59(43-29-26-39(27-30-43)38-16-7-5-8-17-38)45-34-41-20-11-12-21-46(41)50(36-45)40-18-9-6-10-19-40/h6,9-15,18-38H,5,7-8,16-17H2,1-4H3. The molecule has 0 radical (unpaired) electrons. The molecular weight excluding hydrogens is 711 g/mol. The first-order valence-electron chi connectivity index (χ1n) is 21.8. The zero-order chi connectivity index (χ0) is 39.9. The van der Waals surface area contributed by atoms with Gasteiger partial charge in [-0.05, 0) is 144 Å². The van der Waals surface area contributed by atoms with Crippen LogP contribution in [0.5, 0.6) is 0 Å². The second-order valence-electron chi connectivity index (χ2n) is 18.4. The van der Waals surface area contributed by atoms with Gasteiger partial charge < -0.3 is 4.90 Å². The minimum atomic E-state index is -0.183. The van der Waals surface area contributed by atoms with Gasteiger partial charge in [0.15, 0.2) is 0 Å². The van der Waals surface area contributed by atoms with E-state index in [0.717, 1.165) is 0 Å². The van der Waals surface area contributed by atoms with Gasteiger partial charge in [-0.15, -0.1) is 0 Å². The van der Waals surface area contributed by atoms with E-state index in [0.29, 0.717) is 5.92 Å². The molecule has 8 aromatic rings. The van der Waals surface area contributed by atoms with Crippen LogP contribution in [-0.4, -0.2) is 0 Å². The number of rotatable bonds is 6. The molecule has 0 atom stereocenters. The molecule has 3 aliphatic rings. The minimum Gasteiger partial charge on any atom is -0.310 e. The summed E-state index contributed by atoms with van der Waals surface area (Å²) in [6.07, 6.45) is 6.64. The first kappa shape index (κ1) is 35.9. The molecule has 288 valence electrons. The van der Waals surface area contributed by atoms with Gasteiger partial charge in [-0.1, -0.05) is 174 Å². The summed E-state index contributed by atoms with van der Waals surface area (Å²) in [4.78, 5) is 2.50. The zero-order valence-electron chi connectivity index (χ0n) is 34.7. The van der Waals surface area contributed by atoms with Crippen molar-refractivity contribution in [1.29, 1.82) is 0 Å². The summed E-state index contributed by atoms with van der Waals surface area (Å²) in [5.41, 5.74) is 20.9.